The average molecular weight is 324 g/mol. The number of para-hydroxylation sites is 1. The van der Waals surface area contributed by atoms with Gasteiger partial charge < -0.3 is 20.1 Å². The number of benzene rings is 2. The van der Waals surface area contributed by atoms with Crippen molar-refractivity contribution in [1.29, 1.82) is 0 Å². The molecule has 0 saturated carbocycles. The maximum atomic E-state index is 10.0. The van der Waals surface area contributed by atoms with Crippen LogP contribution in [0.25, 0.3) is 10.9 Å². The number of fused-ring (bicyclic) bond motifs is 1. The zero-order valence-electron chi connectivity index (χ0n) is 14.0. The number of aliphatic hydroxyl groups is 1. The number of rotatable bonds is 8. The predicted molar refractivity (Wildman–Crippen MR) is 97.6 cm³/mol. The molecule has 1 heterocycles. The maximum absolute atomic E-state index is 10.0. The van der Waals surface area contributed by atoms with Crippen LogP contribution in [0.1, 0.15) is 11.1 Å². The fourth-order valence-corrected chi connectivity index (χ4v) is 2.72. The molecule has 0 amide bonds. The summed E-state index contributed by atoms with van der Waals surface area (Å²) in [5, 5.41) is 14.6. The highest BCUT2D eigenvalue weighted by atomic mass is 16.5. The summed E-state index contributed by atoms with van der Waals surface area (Å²) in [7, 11) is 0. The van der Waals surface area contributed by atoms with Crippen LogP contribution in [-0.2, 0) is 6.42 Å². The van der Waals surface area contributed by atoms with Gasteiger partial charge in [0.2, 0.25) is 0 Å². The number of H-pyrrole nitrogens is 1. The Morgan fingerprint density at radius 1 is 1.12 bits per heavy atom. The van der Waals surface area contributed by atoms with Crippen molar-refractivity contribution in [2.45, 2.75) is 19.4 Å². The highest BCUT2D eigenvalue weighted by molar-refractivity contribution is 5.83. The molecule has 1 aromatic heterocycles. The number of aromatic amines is 1. The zero-order valence-corrected chi connectivity index (χ0v) is 14.0. The minimum absolute atomic E-state index is 0.295. The van der Waals surface area contributed by atoms with E-state index in [1.165, 1.54) is 22.0 Å². The lowest BCUT2D eigenvalue weighted by Gasteiger charge is -2.13. The Hall–Kier alpha value is -2.30. The average Bonchev–Trinajstić information content (AvgIpc) is 3.01. The molecule has 0 aliphatic heterocycles. The van der Waals surface area contributed by atoms with E-state index in [1.54, 1.807) is 0 Å². The molecule has 3 N–H and O–H groups in total. The number of aromatic nitrogens is 1. The second-order valence-electron chi connectivity index (χ2n) is 6.09. The van der Waals surface area contributed by atoms with Gasteiger partial charge >= 0.3 is 0 Å². The van der Waals surface area contributed by atoms with E-state index in [4.69, 9.17) is 4.74 Å². The Labute approximate surface area is 142 Å². The lowest BCUT2D eigenvalue weighted by atomic mass is 10.1. The molecule has 4 heteroatoms. The molecule has 0 aliphatic carbocycles. The summed E-state index contributed by atoms with van der Waals surface area (Å²) in [5.74, 6) is 0.790. The van der Waals surface area contributed by atoms with E-state index in [1.807, 2.05) is 37.3 Å². The fraction of sp³-hybridized carbons (Fsp3) is 0.300. The largest absolute Gasteiger partial charge is 0.491 e. The Kier molecular flexibility index (Phi) is 5.51. The quantitative estimate of drug-likeness (QED) is 0.558. The Morgan fingerprint density at radius 2 is 1.92 bits per heavy atom. The highest BCUT2D eigenvalue weighted by Crippen LogP contribution is 2.17. The van der Waals surface area contributed by atoms with Crippen LogP contribution in [0.5, 0.6) is 5.75 Å². The number of ether oxygens (including phenoxy) is 1. The Morgan fingerprint density at radius 3 is 2.75 bits per heavy atom. The molecule has 0 radical (unpaired) electrons. The van der Waals surface area contributed by atoms with Gasteiger partial charge in [0.05, 0.1) is 0 Å². The summed E-state index contributed by atoms with van der Waals surface area (Å²) in [6.07, 6.45) is 2.47. The van der Waals surface area contributed by atoms with Crippen molar-refractivity contribution in [3.63, 3.8) is 0 Å². The van der Waals surface area contributed by atoms with Crippen molar-refractivity contribution < 1.29 is 9.84 Å². The SMILES string of the molecule is Cc1ccc(OC[C@@H](O)CNCCc2c[nH]c3ccccc23)cc1. The van der Waals surface area contributed by atoms with Gasteiger partial charge in [-0.05, 0) is 43.7 Å². The predicted octanol–water partition coefficient (Wildman–Crippen LogP) is 3.05. The van der Waals surface area contributed by atoms with Crippen molar-refractivity contribution >= 4 is 10.9 Å². The van der Waals surface area contributed by atoms with E-state index in [9.17, 15) is 5.11 Å². The molecule has 0 unspecified atom stereocenters. The molecule has 0 bridgehead atoms. The first-order valence-corrected chi connectivity index (χ1v) is 8.35. The first-order chi connectivity index (χ1) is 11.7. The monoisotopic (exact) mass is 324 g/mol. The molecule has 3 aromatic rings. The summed E-state index contributed by atoms with van der Waals surface area (Å²) in [4.78, 5) is 3.28. The third-order valence-corrected chi connectivity index (χ3v) is 4.09. The van der Waals surface area contributed by atoms with Crippen molar-refractivity contribution in [2.75, 3.05) is 19.7 Å². The van der Waals surface area contributed by atoms with Crippen LogP contribution in [-0.4, -0.2) is 35.9 Å². The summed E-state index contributed by atoms with van der Waals surface area (Å²) in [6, 6.07) is 16.1. The van der Waals surface area contributed by atoms with Gasteiger partial charge in [0.1, 0.15) is 18.5 Å². The molecule has 0 fully saturated rings. The third kappa shape index (κ3) is 4.37. The van der Waals surface area contributed by atoms with E-state index >= 15 is 0 Å². The zero-order chi connectivity index (χ0) is 16.8. The first kappa shape index (κ1) is 16.6. The smallest absolute Gasteiger partial charge is 0.119 e. The van der Waals surface area contributed by atoms with Crippen LogP contribution in [0.15, 0.2) is 54.7 Å². The summed E-state index contributed by atoms with van der Waals surface area (Å²) >= 11 is 0. The highest BCUT2D eigenvalue weighted by Gasteiger charge is 2.06. The van der Waals surface area contributed by atoms with Crippen LogP contribution in [0.4, 0.5) is 0 Å². The fourth-order valence-electron chi connectivity index (χ4n) is 2.72. The van der Waals surface area contributed by atoms with Crippen LogP contribution in [0, 0.1) is 6.92 Å². The topological polar surface area (TPSA) is 57.3 Å². The molecular weight excluding hydrogens is 300 g/mol. The van der Waals surface area contributed by atoms with Gasteiger partial charge in [0.15, 0.2) is 0 Å². The second-order valence-corrected chi connectivity index (χ2v) is 6.09. The molecule has 24 heavy (non-hydrogen) atoms. The third-order valence-electron chi connectivity index (χ3n) is 4.09. The van der Waals surface area contributed by atoms with Gasteiger partial charge in [-0.15, -0.1) is 0 Å². The summed E-state index contributed by atoms with van der Waals surface area (Å²) in [5.41, 5.74) is 3.66. The lowest BCUT2D eigenvalue weighted by Crippen LogP contribution is -2.32. The molecule has 126 valence electrons. The number of hydrogen-bond acceptors (Lipinski definition) is 3. The number of nitrogens with one attached hydrogen (secondary N) is 2. The van der Waals surface area contributed by atoms with Crippen molar-refractivity contribution in [1.82, 2.24) is 10.3 Å². The van der Waals surface area contributed by atoms with E-state index in [0.29, 0.717) is 13.2 Å². The first-order valence-electron chi connectivity index (χ1n) is 8.35. The van der Waals surface area contributed by atoms with E-state index in [2.05, 4.69) is 34.7 Å². The summed E-state index contributed by atoms with van der Waals surface area (Å²) < 4.78 is 5.59. The second kappa shape index (κ2) is 7.99. The Balaban J connectivity index is 1.37. The van der Waals surface area contributed by atoms with Crippen LogP contribution >= 0.6 is 0 Å². The molecule has 0 aliphatic rings. The molecule has 3 rings (SSSR count). The summed E-state index contributed by atoms with van der Waals surface area (Å²) in [6.45, 7) is 3.68. The number of hydrogen-bond donors (Lipinski definition) is 3. The van der Waals surface area contributed by atoms with E-state index in [-0.39, 0.29) is 0 Å². The van der Waals surface area contributed by atoms with Crippen molar-refractivity contribution in [3.8, 4) is 5.75 Å². The number of aliphatic hydroxyl groups excluding tert-OH is 1. The molecule has 2 aromatic carbocycles. The standard InChI is InChI=1S/C20H24N2O2/c1-15-6-8-18(9-7-15)24-14-17(23)13-21-11-10-16-12-22-20-5-3-2-4-19(16)20/h2-9,12,17,21-23H,10-11,13-14H2,1H3/t17-/m0/s1. The van der Waals surface area contributed by atoms with Crippen LogP contribution < -0.4 is 10.1 Å². The number of aryl methyl sites for hydroxylation is 1. The van der Waals surface area contributed by atoms with Gasteiger partial charge in [-0.2, -0.15) is 0 Å². The van der Waals surface area contributed by atoms with Gasteiger partial charge in [0, 0.05) is 23.6 Å². The van der Waals surface area contributed by atoms with Gasteiger partial charge in [-0.1, -0.05) is 35.9 Å². The minimum Gasteiger partial charge on any atom is -0.491 e. The van der Waals surface area contributed by atoms with Crippen molar-refractivity contribution in [2.24, 2.45) is 0 Å². The van der Waals surface area contributed by atoms with Crippen molar-refractivity contribution in [3.05, 3.63) is 65.9 Å². The molecule has 0 spiro atoms. The Bertz CT molecular complexity index is 765. The molecule has 1 atom stereocenters. The normalized spacial score (nSPS) is 12.4. The molecular formula is C20H24N2O2. The van der Waals surface area contributed by atoms with Gasteiger partial charge in [-0.3, -0.25) is 0 Å². The maximum Gasteiger partial charge on any atom is 0.119 e. The molecule has 4 nitrogen and oxygen atoms in total. The van der Waals surface area contributed by atoms with Gasteiger partial charge in [0.25, 0.3) is 0 Å². The minimum atomic E-state index is -0.519. The lowest BCUT2D eigenvalue weighted by molar-refractivity contribution is 0.106. The van der Waals surface area contributed by atoms with E-state index in [0.717, 1.165) is 18.7 Å². The van der Waals surface area contributed by atoms with Crippen LogP contribution in [0.2, 0.25) is 0 Å². The molecule has 0 saturated heterocycles. The van der Waals surface area contributed by atoms with Gasteiger partial charge in [-0.25, -0.2) is 0 Å². The van der Waals surface area contributed by atoms with Crippen LogP contribution in [0.3, 0.4) is 0 Å². The van der Waals surface area contributed by atoms with E-state index < -0.39 is 6.10 Å².